The Morgan fingerprint density at radius 1 is 1.13 bits per heavy atom. The topological polar surface area (TPSA) is 113 Å². The minimum Gasteiger partial charge on any atom is -0.481 e. The van der Waals surface area contributed by atoms with Crippen LogP contribution in [0.5, 0.6) is 5.75 Å². The van der Waals surface area contributed by atoms with Crippen molar-refractivity contribution in [2.75, 3.05) is 5.32 Å². The first-order chi connectivity index (χ1) is 18.5. The van der Waals surface area contributed by atoms with E-state index in [1.54, 1.807) is 31.2 Å². The monoisotopic (exact) mass is 552 g/mol. The molecule has 0 aliphatic heterocycles. The number of ether oxygens (including phenoxy) is 1. The Bertz CT molecular complexity index is 1270. The lowest BCUT2D eigenvalue weighted by Gasteiger charge is -2.41. The second kappa shape index (κ2) is 12.2. The highest BCUT2D eigenvalue weighted by Gasteiger charge is 2.35. The summed E-state index contributed by atoms with van der Waals surface area (Å²) in [6.45, 7) is 11.0. The molecule has 1 saturated carbocycles. The fourth-order valence-corrected chi connectivity index (χ4v) is 5.43. The number of aromatic amines is 1. The van der Waals surface area contributed by atoms with Crippen LogP contribution in [0.1, 0.15) is 74.9 Å². The number of tetrazole rings is 1. The fourth-order valence-electron chi connectivity index (χ4n) is 5.21. The van der Waals surface area contributed by atoms with Crippen LogP contribution in [-0.2, 0) is 11.3 Å². The van der Waals surface area contributed by atoms with E-state index in [9.17, 15) is 9.59 Å². The maximum atomic E-state index is 13.8. The van der Waals surface area contributed by atoms with Crippen LogP contribution in [-0.4, -0.2) is 49.5 Å². The average molecular weight is 553 g/mol. The molecule has 1 aliphatic rings. The van der Waals surface area contributed by atoms with Gasteiger partial charge in [-0.25, -0.2) is 0 Å². The molecule has 1 heterocycles. The lowest BCUT2D eigenvalue weighted by molar-refractivity contribution is -0.142. The van der Waals surface area contributed by atoms with Gasteiger partial charge in [-0.2, -0.15) is 5.21 Å². The number of halogens is 1. The van der Waals surface area contributed by atoms with Crippen LogP contribution < -0.4 is 10.1 Å². The molecule has 2 amide bonds. The molecule has 39 heavy (non-hydrogen) atoms. The number of aromatic nitrogens is 4. The summed E-state index contributed by atoms with van der Waals surface area (Å²) in [7, 11) is 0. The van der Waals surface area contributed by atoms with Gasteiger partial charge in [0.1, 0.15) is 5.75 Å². The van der Waals surface area contributed by atoms with E-state index in [2.05, 4.69) is 46.7 Å². The third-order valence-corrected chi connectivity index (χ3v) is 7.81. The van der Waals surface area contributed by atoms with Gasteiger partial charge < -0.3 is 9.64 Å². The molecule has 1 atom stereocenters. The first kappa shape index (κ1) is 28.5. The first-order valence-electron chi connectivity index (χ1n) is 13.4. The van der Waals surface area contributed by atoms with Crippen molar-refractivity contribution in [3.63, 3.8) is 0 Å². The van der Waals surface area contributed by atoms with Crippen molar-refractivity contribution in [3.05, 3.63) is 64.2 Å². The summed E-state index contributed by atoms with van der Waals surface area (Å²) < 4.78 is 6.13. The Morgan fingerprint density at radius 3 is 2.41 bits per heavy atom. The van der Waals surface area contributed by atoms with Crippen molar-refractivity contribution < 1.29 is 14.3 Å². The predicted molar refractivity (Wildman–Crippen MR) is 151 cm³/mol. The van der Waals surface area contributed by atoms with E-state index >= 15 is 0 Å². The van der Waals surface area contributed by atoms with E-state index in [0.29, 0.717) is 28.8 Å². The van der Waals surface area contributed by atoms with Gasteiger partial charge in [0.2, 0.25) is 0 Å². The Hall–Kier alpha value is -3.46. The van der Waals surface area contributed by atoms with Crippen LogP contribution >= 0.6 is 11.6 Å². The van der Waals surface area contributed by atoms with Gasteiger partial charge in [-0.3, -0.25) is 14.9 Å². The Labute approximate surface area is 234 Å². The summed E-state index contributed by atoms with van der Waals surface area (Å²) >= 11 is 6.10. The molecule has 1 unspecified atom stereocenters. The molecule has 0 radical (unpaired) electrons. The zero-order valence-corrected chi connectivity index (χ0v) is 24.0. The summed E-state index contributed by atoms with van der Waals surface area (Å²) in [5.41, 5.74) is 2.53. The second-order valence-corrected chi connectivity index (χ2v) is 11.8. The van der Waals surface area contributed by atoms with Crippen LogP contribution in [0.2, 0.25) is 5.02 Å². The number of nitrogens with zero attached hydrogens (tertiary/aromatic N) is 4. The van der Waals surface area contributed by atoms with E-state index in [4.69, 9.17) is 16.3 Å². The molecular weight excluding hydrogens is 516 g/mol. The lowest BCUT2D eigenvalue weighted by Crippen LogP contribution is -2.48. The number of hydrogen-bond acceptors (Lipinski definition) is 6. The molecule has 1 aromatic heterocycles. The van der Waals surface area contributed by atoms with Gasteiger partial charge in [-0.15, -0.1) is 5.10 Å². The number of benzene rings is 2. The molecule has 3 aromatic rings. The molecule has 1 aliphatic carbocycles. The molecule has 1 fully saturated rings. The number of H-pyrrole nitrogens is 1. The van der Waals surface area contributed by atoms with Gasteiger partial charge in [0, 0.05) is 23.2 Å². The largest absolute Gasteiger partial charge is 0.481 e. The molecule has 0 bridgehead atoms. The second-order valence-electron chi connectivity index (χ2n) is 11.4. The van der Waals surface area contributed by atoms with Crippen LogP contribution in [0, 0.1) is 18.3 Å². The van der Waals surface area contributed by atoms with Crippen molar-refractivity contribution in [2.24, 2.45) is 11.3 Å². The van der Waals surface area contributed by atoms with E-state index in [-0.39, 0.29) is 29.2 Å². The maximum absolute atomic E-state index is 13.8. The normalized spacial score (nSPS) is 18.3. The number of nitrogens with one attached hydrogen (secondary N) is 2. The Kier molecular flexibility index (Phi) is 8.90. The molecule has 9 nitrogen and oxygen atoms in total. The zero-order valence-electron chi connectivity index (χ0n) is 23.2. The molecule has 0 saturated heterocycles. The third-order valence-electron chi connectivity index (χ3n) is 7.57. The molecular formula is C29H37ClN6O3. The van der Waals surface area contributed by atoms with Crippen LogP contribution in [0.25, 0.3) is 0 Å². The summed E-state index contributed by atoms with van der Waals surface area (Å²) in [6.07, 6.45) is 3.40. The molecule has 208 valence electrons. The summed E-state index contributed by atoms with van der Waals surface area (Å²) in [5, 5.41) is 16.4. The van der Waals surface area contributed by atoms with E-state index in [1.807, 2.05) is 30.0 Å². The summed E-state index contributed by atoms with van der Waals surface area (Å²) in [6, 6.07) is 12.7. The molecule has 2 N–H and O–H groups in total. The molecule has 4 rings (SSSR count). The van der Waals surface area contributed by atoms with Crippen molar-refractivity contribution in [1.29, 1.82) is 0 Å². The van der Waals surface area contributed by atoms with E-state index < -0.39 is 6.10 Å². The van der Waals surface area contributed by atoms with E-state index in [1.165, 1.54) is 0 Å². The van der Waals surface area contributed by atoms with Crippen molar-refractivity contribution in [1.82, 2.24) is 25.5 Å². The summed E-state index contributed by atoms with van der Waals surface area (Å²) in [5.74, 6) is 0.998. The first-order valence-corrected chi connectivity index (χ1v) is 13.8. The highest BCUT2D eigenvalue weighted by Crippen LogP contribution is 2.39. The van der Waals surface area contributed by atoms with Crippen LogP contribution in [0.4, 0.5) is 5.95 Å². The third kappa shape index (κ3) is 7.35. The minimum atomic E-state index is -0.662. The van der Waals surface area contributed by atoms with Gasteiger partial charge in [-0.05, 0) is 97.5 Å². The predicted octanol–water partition coefficient (Wildman–Crippen LogP) is 5.81. The number of rotatable bonds is 8. The quantitative estimate of drug-likeness (QED) is 0.364. The smallest absolute Gasteiger partial charge is 0.270 e. The van der Waals surface area contributed by atoms with Gasteiger partial charge in [0.15, 0.2) is 6.10 Å². The number of carbonyl (C=O) groups is 2. The standard InChI is InChI=1S/C29H37ClN6O3/c1-18-16-23(30)12-15-25(18)39-19(2)27(38)36(24-13-10-22(11-14-24)29(3,4)5)17-20-6-8-21(9-7-20)26(37)31-28-32-34-35-33-28/h6-9,12,15-16,19,22,24H,10-11,13-14,17H2,1-5H3,(H2,31,32,33,34,35,37). The Balaban J connectivity index is 1.50. The highest BCUT2D eigenvalue weighted by atomic mass is 35.5. The zero-order chi connectivity index (χ0) is 28.2. The van der Waals surface area contributed by atoms with Gasteiger partial charge >= 0.3 is 0 Å². The average Bonchev–Trinajstić information content (AvgIpc) is 3.41. The van der Waals surface area contributed by atoms with Crippen LogP contribution in [0.15, 0.2) is 42.5 Å². The van der Waals surface area contributed by atoms with Crippen molar-refractivity contribution in [3.8, 4) is 5.75 Å². The molecule has 2 aromatic carbocycles. The van der Waals surface area contributed by atoms with Crippen molar-refractivity contribution >= 4 is 29.4 Å². The maximum Gasteiger partial charge on any atom is 0.270 e. The fraction of sp³-hybridized carbons (Fsp3) is 0.483. The number of aryl methyl sites for hydroxylation is 1. The number of anilines is 1. The molecule has 10 heteroatoms. The number of carbonyl (C=O) groups excluding carboxylic acids is 2. The van der Waals surface area contributed by atoms with Gasteiger partial charge in [-0.1, -0.05) is 49.6 Å². The lowest BCUT2D eigenvalue weighted by atomic mass is 9.71. The SMILES string of the molecule is Cc1cc(Cl)ccc1OC(C)C(=O)N(Cc1ccc(C(=O)Nc2nn[nH]n2)cc1)C1CCC(C(C)(C)C)CC1. The number of hydrogen-bond donors (Lipinski definition) is 2. The highest BCUT2D eigenvalue weighted by molar-refractivity contribution is 6.30. The Morgan fingerprint density at radius 2 is 1.82 bits per heavy atom. The van der Waals surface area contributed by atoms with E-state index in [0.717, 1.165) is 36.8 Å². The van der Waals surface area contributed by atoms with Gasteiger partial charge in [0.05, 0.1) is 0 Å². The van der Waals surface area contributed by atoms with Gasteiger partial charge in [0.25, 0.3) is 17.8 Å². The minimum absolute atomic E-state index is 0.0533. The summed E-state index contributed by atoms with van der Waals surface area (Å²) in [4.78, 5) is 28.3. The number of amides is 2. The molecule has 0 spiro atoms. The van der Waals surface area contributed by atoms with Crippen LogP contribution in [0.3, 0.4) is 0 Å². The van der Waals surface area contributed by atoms with Crippen molar-refractivity contribution in [2.45, 2.75) is 79.0 Å².